The number of hydrogen-bond acceptors (Lipinski definition) is 0. The van der Waals surface area contributed by atoms with Gasteiger partial charge in [-0.2, -0.15) is 0 Å². The normalized spacial score (nSPS) is 0. The second-order valence-electron chi connectivity index (χ2n) is 0. The molecule has 0 rings (SSSR count). The molecule has 0 atom stereocenters. The first kappa shape index (κ1) is 782. The Labute approximate surface area is 316 Å². The molecule has 0 aliphatic heterocycles. The van der Waals surface area contributed by atoms with Gasteiger partial charge in [0.15, 0.2) is 0 Å². The van der Waals surface area contributed by atoms with Crippen LogP contribution in [0.4, 0.5) is 0 Å². The molecule has 0 aliphatic rings. The zero-order chi connectivity index (χ0) is 0. The van der Waals surface area contributed by atoms with Gasteiger partial charge in [-0.05, 0) is 0 Å². The summed E-state index contributed by atoms with van der Waals surface area (Å²) in [5, 5.41) is 0. The van der Waals surface area contributed by atoms with Crippen molar-refractivity contribution in [2.45, 2.75) is 0 Å². The summed E-state index contributed by atoms with van der Waals surface area (Å²) in [7, 11) is 0. The Balaban J connectivity index is 0. The van der Waals surface area contributed by atoms with Crippen molar-refractivity contribution in [1.82, 2.24) is 0 Å². The van der Waals surface area contributed by atoms with E-state index in [2.05, 4.69) is 0 Å². The van der Waals surface area contributed by atoms with Crippen molar-refractivity contribution in [1.29, 1.82) is 0 Å². The first-order chi connectivity index (χ1) is 0. The van der Waals surface area contributed by atoms with Gasteiger partial charge in [-0.3, -0.25) is 0 Å². The minimum Gasteiger partial charge on any atom is -2.00 e. The standard InChI is InChI=1S/4Na.17O.6V/q4*+1;17*-2;;;;;;. The third-order valence-electron chi connectivity index (χ3n) is 0. The third-order valence-corrected chi connectivity index (χ3v) is 0. The van der Waals surface area contributed by atoms with Crippen LogP contribution < -0.4 is 118 Å². The summed E-state index contributed by atoms with van der Waals surface area (Å²) >= 11 is 0. The van der Waals surface area contributed by atoms with E-state index in [9.17, 15) is 0 Å². The Morgan fingerprint density at radius 3 is 0.111 bits per heavy atom. The Kier molecular flexibility index (Phi) is 20700. The van der Waals surface area contributed by atoms with E-state index in [1.165, 1.54) is 0 Å². The predicted molar refractivity (Wildman–Crippen MR) is 11.7 cm³/mol. The third kappa shape index (κ3) is 669. The van der Waals surface area contributed by atoms with Gasteiger partial charge < -0.3 is 93.1 Å². The van der Waals surface area contributed by atoms with E-state index >= 15 is 0 Å². The molecule has 0 bridgehead atoms. The van der Waals surface area contributed by atoms with Crippen molar-refractivity contribution in [2.75, 3.05) is 0 Å². The fraction of sp³-hybridized carbons (Fsp3) is 0. The molecule has 0 aromatic carbocycles. The van der Waals surface area contributed by atoms with Crippen molar-refractivity contribution in [3.8, 4) is 0 Å². The summed E-state index contributed by atoms with van der Waals surface area (Å²) in [5.41, 5.74) is 0. The van der Waals surface area contributed by atoms with Crippen LogP contribution in [-0.2, 0) is 204 Å². The average Bonchev–Trinajstić information content (AvgIpc) is 0. The summed E-state index contributed by atoms with van der Waals surface area (Å²) in [6.07, 6.45) is 0. The molecular formula is Na4O17V6-30. The second kappa shape index (κ2) is 714. The number of rotatable bonds is 0. The Morgan fingerprint density at radius 2 is 0.111 bits per heavy atom. The maximum atomic E-state index is 0. The molecule has 0 fully saturated rings. The van der Waals surface area contributed by atoms with Crippen molar-refractivity contribution < 1.29 is 323 Å². The molecule has 27 heavy (non-hydrogen) atoms. The summed E-state index contributed by atoms with van der Waals surface area (Å²) in [6, 6.07) is 0. The second-order valence-corrected chi connectivity index (χ2v) is 0. The van der Waals surface area contributed by atoms with Gasteiger partial charge in [-0.1, -0.05) is 0 Å². The fourth-order valence-electron chi connectivity index (χ4n) is 0. The SMILES string of the molecule is [Na+].[Na+].[Na+].[Na+].[O-2].[O-2].[O-2].[O-2].[O-2].[O-2].[O-2].[O-2].[O-2].[O-2].[O-2].[O-2].[O-2].[O-2].[O-2].[O-2].[O-2].[V].[V].[V].[V].[V].[V]. The van der Waals surface area contributed by atoms with Gasteiger partial charge in [0.05, 0.1) is 0 Å². The van der Waals surface area contributed by atoms with Crippen LogP contribution in [-0.4, -0.2) is 0 Å². The monoisotopic (exact) mass is 670 g/mol. The van der Waals surface area contributed by atoms with Gasteiger partial charge in [-0.15, -0.1) is 0 Å². The van der Waals surface area contributed by atoms with Crippen LogP contribution in [0.3, 0.4) is 0 Å². The zero-order valence-electron chi connectivity index (χ0n) is 13.6. The van der Waals surface area contributed by atoms with Crippen LogP contribution in [0.2, 0.25) is 0 Å². The van der Waals surface area contributed by atoms with Gasteiger partial charge in [0.1, 0.15) is 0 Å². The van der Waals surface area contributed by atoms with E-state index in [0.717, 1.165) is 0 Å². The molecule has 0 N–H and O–H groups in total. The van der Waals surface area contributed by atoms with Gasteiger partial charge in [-0.25, -0.2) is 0 Å². The van der Waals surface area contributed by atoms with Gasteiger partial charge in [0, 0.05) is 111 Å². The molecule has 0 aliphatic carbocycles. The molecule has 0 saturated heterocycles. The van der Waals surface area contributed by atoms with E-state index in [-0.39, 0.29) is 323 Å². The van der Waals surface area contributed by atoms with Crippen LogP contribution in [0.1, 0.15) is 0 Å². The molecule has 0 spiro atoms. The Morgan fingerprint density at radius 1 is 0.111 bits per heavy atom. The molecule has 17 nitrogen and oxygen atoms in total. The zero-order valence-corrected chi connectivity index (χ0v) is 30.0. The molecule has 27 heteroatoms. The summed E-state index contributed by atoms with van der Waals surface area (Å²) in [6.45, 7) is 0. The summed E-state index contributed by atoms with van der Waals surface area (Å²) in [4.78, 5) is 0. The van der Waals surface area contributed by atoms with Crippen molar-refractivity contribution in [2.24, 2.45) is 0 Å². The number of hydrogen-bond donors (Lipinski definition) is 0. The van der Waals surface area contributed by atoms with Gasteiger partial charge in [0.2, 0.25) is 0 Å². The minimum absolute atomic E-state index is 0. The molecule has 0 amide bonds. The molecule has 0 unspecified atom stereocenters. The van der Waals surface area contributed by atoms with Gasteiger partial charge in [0.25, 0.3) is 0 Å². The van der Waals surface area contributed by atoms with Crippen LogP contribution in [0.15, 0.2) is 0 Å². The molecule has 0 aromatic heterocycles. The van der Waals surface area contributed by atoms with Crippen LogP contribution in [0, 0.1) is 0 Å². The first-order valence-corrected chi connectivity index (χ1v) is 0. The smallest absolute Gasteiger partial charge is 1.00 e. The van der Waals surface area contributed by atoms with E-state index in [4.69, 9.17) is 0 Å². The van der Waals surface area contributed by atoms with E-state index in [1.54, 1.807) is 0 Å². The molecule has 0 saturated carbocycles. The largest absolute Gasteiger partial charge is 2.00 e. The van der Waals surface area contributed by atoms with Crippen molar-refractivity contribution >= 4 is 0 Å². The summed E-state index contributed by atoms with van der Waals surface area (Å²) in [5.74, 6) is 0. The minimum atomic E-state index is 0. The van der Waals surface area contributed by atoms with E-state index in [0.29, 0.717) is 0 Å². The van der Waals surface area contributed by atoms with Gasteiger partial charge >= 0.3 is 118 Å². The maximum Gasteiger partial charge on any atom is 1.00 e. The van der Waals surface area contributed by atoms with Crippen LogP contribution in [0.25, 0.3) is 0 Å². The molecule has 166 valence electrons. The average molecular weight is 670 g/mol. The molecule has 0 aromatic rings. The van der Waals surface area contributed by atoms with Crippen molar-refractivity contribution in [3.63, 3.8) is 0 Å². The van der Waals surface area contributed by atoms with E-state index < -0.39 is 0 Å². The Bertz CT molecular complexity index is 35.4. The van der Waals surface area contributed by atoms with Crippen LogP contribution >= 0.6 is 0 Å². The predicted octanol–water partition coefficient (Wildman–Crippen LogP) is -14.0. The van der Waals surface area contributed by atoms with Crippen LogP contribution in [0.5, 0.6) is 0 Å². The topological polar surface area (TPSA) is 484 Å². The summed E-state index contributed by atoms with van der Waals surface area (Å²) < 4.78 is 0. The van der Waals surface area contributed by atoms with E-state index in [1.807, 2.05) is 0 Å². The van der Waals surface area contributed by atoms with Crippen molar-refractivity contribution in [3.05, 3.63) is 0 Å². The molecule has 6 radical (unpaired) electrons. The molecular weight excluding hydrogens is 670 g/mol. The maximum absolute atomic E-state index is 0. The fourth-order valence-corrected chi connectivity index (χ4v) is 0. The quantitative estimate of drug-likeness (QED) is 0.217. The Hall–Kier alpha value is 6.83. The first-order valence-electron chi connectivity index (χ1n) is 0. The molecule has 0 heterocycles.